The lowest BCUT2D eigenvalue weighted by Crippen LogP contribution is -2.11. The molecule has 2 aromatic heterocycles. The summed E-state index contributed by atoms with van der Waals surface area (Å²) in [4.78, 5) is 4.63. The van der Waals surface area contributed by atoms with Crippen molar-refractivity contribution >= 4 is 10.0 Å². The van der Waals surface area contributed by atoms with Crippen molar-refractivity contribution in [3.8, 4) is 11.5 Å². The second kappa shape index (κ2) is 6.21. The zero-order valence-corrected chi connectivity index (χ0v) is 17.1. The Bertz CT molecular complexity index is 1180. The first-order chi connectivity index (χ1) is 13.8. The lowest BCUT2D eigenvalue weighted by molar-refractivity contribution is 0.476. The molecular formula is C21H22N4O3S. The number of nitrogens with two attached hydrogens (primary N) is 1. The van der Waals surface area contributed by atoms with Crippen LogP contribution in [0, 0.1) is 5.41 Å². The summed E-state index contributed by atoms with van der Waals surface area (Å²) in [5.74, 6) is 1.86. The maximum absolute atomic E-state index is 11.5. The van der Waals surface area contributed by atoms with E-state index in [0.717, 1.165) is 29.7 Å². The summed E-state index contributed by atoms with van der Waals surface area (Å²) < 4.78 is 29.1. The molecule has 0 spiro atoms. The fourth-order valence-electron chi connectivity index (χ4n) is 4.34. The Labute approximate surface area is 169 Å². The quantitative estimate of drug-likeness (QED) is 0.688. The Balaban J connectivity index is 1.44. The topological polar surface area (TPSA) is 112 Å². The average molecular weight is 410 g/mol. The number of benzene rings is 1. The standard InChI is InChI=1S/C21H22N4O3S/c1-21(2)16(12-7-9-14(10-8-12)29(22,26)27)17(21)20-25-24-19(28-20)15-4-3-11-23-18(15)13-5-6-13/h3-4,7-11,13,16-17H,5-6H2,1-2H3,(H2,22,26,27)/t16-,17+/m0/s1. The van der Waals surface area contributed by atoms with Gasteiger partial charge in [-0.25, -0.2) is 13.6 Å². The maximum atomic E-state index is 11.5. The summed E-state index contributed by atoms with van der Waals surface area (Å²) in [6.07, 6.45) is 4.11. The Morgan fingerprint density at radius 3 is 2.45 bits per heavy atom. The van der Waals surface area contributed by atoms with Crippen LogP contribution in [0.2, 0.25) is 0 Å². The predicted octanol–water partition coefficient (Wildman–Crippen LogP) is 3.56. The molecule has 29 heavy (non-hydrogen) atoms. The minimum Gasteiger partial charge on any atom is -0.420 e. The Hall–Kier alpha value is -2.58. The van der Waals surface area contributed by atoms with E-state index in [9.17, 15) is 8.42 Å². The van der Waals surface area contributed by atoms with Gasteiger partial charge < -0.3 is 4.42 Å². The molecule has 2 atom stereocenters. The number of hydrogen-bond acceptors (Lipinski definition) is 6. The molecule has 7 nitrogen and oxygen atoms in total. The van der Waals surface area contributed by atoms with E-state index in [1.807, 2.05) is 24.3 Å². The van der Waals surface area contributed by atoms with Crippen molar-refractivity contribution in [2.24, 2.45) is 10.6 Å². The van der Waals surface area contributed by atoms with Crippen LogP contribution < -0.4 is 5.14 Å². The molecule has 0 aliphatic heterocycles. The van der Waals surface area contributed by atoms with E-state index in [1.165, 1.54) is 0 Å². The monoisotopic (exact) mass is 410 g/mol. The van der Waals surface area contributed by atoms with Crippen molar-refractivity contribution < 1.29 is 12.8 Å². The van der Waals surface area contributed by atoms with E-state index in [1.54, 1.807) is 18.3 Å². The third-order valence-corrected chi connectivity index (χ3v) is 7.06. The summed E-state index contributed by atoms with van der Waals surface area (Å²) >= 11 is 0. The molecule has 8 heteroatoms. The van der Waals surface area contributed by atoms with Gasteiger partial charge in [0.1, 0.15) is 0 Å². The van der Waals surface area contributed by atoms with Crippen molar-refractivity contribution in [3.63, 3.8) is 0 Å². The lowest BCUT2D eigenvalue weighted by atomic mass is 10.0. The number of rotatable bonds is 5. The van der Waals surface area contributed by atoms with Gasteiger partial charge >= 0.3 is 0 Å². The van der Waals surface area contributed by atoms with Gasteiger partial charge in [0.2, 0.25) is 21.8 Å². The van der Waals surface area contributed by atoms with Crippen LogP contribution in [0.5, 0.6) is 0 Å². The second-order valence-electron chi connectivity index (χ2n) is 8.55. The zero-order chi connectivity index (χ0) is 20.4. The van der Waals surface area contributed by atoms with Crippen molar-refractivity contribution in [1.82, 2.24) is 15.2 Å². The predicted molar refractivity (Wildman–Crippen MR) is 107 cm³/mol. The number of pyridine rings is 1. The van der Waals surface area contributed by atoms with Crippen LogP contribution >= 0.6 is 0 Å². The Kier molecular flexibility index (Phi) is 3.95. The number of sulfonamides is 1. The minimum atomic E-state index is -3.70. The van der Waals surface area contributed by atoms with E-state index in [0.29, 0.717) is 17.7 Å². The van der Waals surface area contributed by atoms with Gasteiger partial charge in [0.25, 0.3) is 0 Å². The summed E-state index contributed by atoms with van der Waals surface area (Å²) in [6, 6.07) is 10.6. The van der Waals surface area contributed by atoms with Gasteiger partial charge in [-0.05, 0) is 48.1 Å². The largest absolute Gasteiger partial charge is 0.420 e. The third kappa shape index (κ3) is 3.16. The highest BCUT2D eigenvalue weighted by atomic mass is 32.2. The molecule has 0 amide bonds. The van der Waals surface area contributed by atoms with E-state index in [2.05, 4.69) is 29.0 Å². The van der Waals surface area contributed by atoms with Crippen molar-refractivity contribution in [2.45, 2.75) is 49.3 Å². The maximum Gasteiger partial charge on any atom is 0.249 e. The highest BCUT2D eigenvalue weighted by Gasteiger charge is 2.61. The molecule has 2 fully saturated rings. The molecule has 0 radical (unpaired) electrons. The van der Waals surface area contributed by atoms with Crippen molar-refractivity contribution in [2.75, 3.05) is 0 Å². The van der Waals surface area contributed by atoms with Crippen LogP contribution in [-0.4, -0.2) is 23.6 Å². The summed E-state index contributed by atoms with van der Waals surface area (Å²) in [6.45, 7) is 4.30. The molecule has 2 aliphatic rings. The lowest BCUT2D eigenvalue weighted by Gasteiger charge is -2.04. The smallest absolute Gasteiger partial charge is 0.249 e. The first-order valence-corrected chi connectivity index (χ1v) is 11.2. The normalized spacial score (nSPS) is 23.1. The summed E-state index contributed by atoms with van der Waals surface area (Å²) in [7, 11) is -3.70. The molecule has 0 unspecified atom stereocenters. The van der Waals surface area contributed by atoms with Crippen LogP contribution in [0.15, 0.2) is 51.9 Å². The summed E-state index contributed by atoms with van der Waals surface area (Å²) in [5.41, 5.74) is 2.92. The van der Waals surface area contributed by atoms with E-state index in [-0.39, 0.29) is 22.1 Å². The molecule has 1 aromatic carbocycles. The molecule has 150 valence electrons. The molecular weight excluding hydrogens is 388 g/mol. The highest BCUT2D eigenvalue weighted by molar-refractivity contribution is 7.89. The van der Waals surface area contributed by atoms with E-state index >= 15 is 0 Å². The minimum absolute atomic E-state index is 0.0683. The first-order valence-electron chi connectivity index (χ1n) is 9.68. The van der Waals surface area contributed by atoms with Gasteiger partial charge in [0.05, 0.1) is 22.1 Å². The molecule has 0 bridgehead atoms. The van der Waals surface area contributed by atoms with Gasteiger partial charge in [-0.2, -0.15) is 0 Å². The van der Waals surface area contributed by atoms with Crippen molar-refractivity contribution in [1.29, 1.82) is 0 Å². The van der Waals surface area contributed by atoms with Crippen LogP contribution in [0.3, 0.4) is 0 Å². The molecule has 3 aromatic rings. The van der Waals surface area contributed by atoms with Crippen LogP contribution in [-0.2, 0) is 10.0 Å². The molecule has 0 saturated heterocycles. The van der Waals surface area contributed by atoms with Gasteiger partial charge in [-0.3, -0.25) is 4.98 Å². The highest BCUT2D eigenvalue weighted by Crippen LogP contribution is 2.69. The average Bonchev–Trinajstić information content (AvgIpc) is 3.56. The fraction of sp³-hybridized carbons (Fsp3) is 0.381. The van der Waals surface area contributed by atoms with Crippen LogP contribution in [0.25, 0.3) is 11.5 Å². The van der Waals surface area contributed by atoms with Crippen LogP contribution in [0.1, 0.15) is 61.6 Å². The molecule has 2 saturated carbocycles. The van der Waals surface area contributed by atoms with Gasteiger partial charge in [0.15, 0.2) is 0 Å². The Morgan fingerprint density at radius 2 is 1.79 bits per heavy atom. The molecule has 5 rings (SSSR count). The van der Waals surface area contributed by atoms with Gasteiger partial charge in [-0.15, -0.1) is 10.2 Å². The number of nitrogens with zero attached hydrogens (tertiary/aromatic N) is 3. The van der Waals surface area contributed by atoms with Gasteiger partial charge in [0, 0.05) is 18.0 Å². The van der Waals surface area contributed by atoms with Gasteiger partial charge in [-0.1, -0.05) is 26.0 Å². The first kappa shape index (κ1) is 18.4. The number of primary sulfonamides is 1. The van der Waals surface area contributed by atoms with Crippen LogP contribution in [0.4, 0.5) is 0 Å². The number of aromatic nitrogens is 3. The summed E-state index contributed by atoms with van der Waals surface area (Å²) in [5, 5.41) is 13.8. The SMILES string of the molecule is CC1(C)[C@@H](c2ccc(S(N)(=O)=O)cc2)[C@@H]1c1nnc(-c2cccnc2C2CC2)o1. The number of hydrogen-bond donors (Lipinski definition) is 1. The third-order valence-electron chi connectivity index (χ3n) is 6.13. The molecule has 2 aliphatic carbocycles. The zero-order valence-electron chi connectivity index (χ0n) is 16.2. The van der Waals surface area contributed by atoms with Crippen molar-refractivity contribution in [3.05, 3.63) is 59.7 Å². The van der Waals surface area contributed by atoms with E-state index in [4.69, 9.17) is 9.56 Å². The molecule has 2 heterocycles. The Morgan fingerprint density at radius 1 is 1.07 bits per heavy atom. The van der Waals surface area contributed by atoms with E-state index < -0.39 is 10.0 Å². The molecule has 2 N–H and O–H groups in total. The second-order valence-corrected chi connectivity index (χ2v) is 10.1. The fourth-order valence-corrected chi connectivity index (χ4v) is 4.85.